The van der Waals surface area contributed by atoms with Crippen molar-refractivity contribution < 1.29 is 14.4 Å². The van der Waals surface area contributed by atoms with Crippen molar-refractivity contribution in [2.45, 2.75) is 0 Å². The molecule has 29 heavy (non-hydrogen) atoms. The van der Waals surface area contributed by atoms with Crippen LogP contribution in [0.5, 0.6) is 0 Å². The van der Waals surface area contributed by atoms with Crippen molar-refractivity contribution in [3.05, 3.63) is 86.5 Å². The summed E-state index contributed by atoms with van der Waals surface area (Å²) in [6.45, 7) is 0.655. The Morgan fingerprint density at radius 3 is 1.97 bits per heavy atom. The monoisotopic (exact) mass is 471 g/mol. The minimum atomic E-state index is -0.249. The third kappa shape index (κ3) is 6.00. The molecule has 0 spiro atoms. The molecule has 0 saturated carbocycles. The van der Waals surface area contributed by atoms with Gasteiger partial charge >= 0.3 is 0 Å². The molecule has 0 saturated heterocycles. The van der Waals surface area contributed by atoms with Crippen molar-refractivity contribution in [3.63, 3.8) is 0 Å². The quantitative estimate of drug-likeness (QED) is 0.456. The van der Waals surface area contributed by atoms with Gasteiger partial charge in [0, 0.05) is 34.4 Å². The van der Waals surface area contributed by atoms with E-state index in [2.05, 4.69) is 31.9 Å². The van der Waals surface area contributed by atoms with Gasteiger partial charge in [0.05, 0.1) is 4.88 Å². The van der Waals surface area contributed by atoms with Crippen molar-refractivity contribution in [1.82, 2.24) is 10.6 Å². The molecule has 0 aliphatic rings. The zero-order chi connectivity index (χ0) is 20.6. The van der Waals surface area contributed by atoms with Gasteiger partial charge < -0.3 is 16.0 Å². The molecule has 0 fully saturated rings. The second-order valence-electron chi connectivity index (χ2n) is 6.03. The summed E-state index contributed by atoms with van der Waals surface area (Å²) in [5, 5.41) is 10.1. The van der Waals surface area contributed by atoms with Crippen LogP contribution in [-0.4, -0.2) is 30.8 Å². The summed E-state index contributed by atoms with van der Waals surface area (Å²) in [7, 11) is 0. The summed E-state index contributed by atoms with van der Waals surface area (Å²) in [6.07, 6.45) is 0. The summed E-state index contributed by atoms with van der Waals surface area (Å²) in [5.74, 6) is -0.627. The third-order valence-electron chi connectivity index (χ3n) is 3.95. The van der Waals surface area contributed by atoms with Gasteiger partial charge in [-0.3, -0.25) is 14.4 Å². The van der Waals surface area contributed by atoms with E-state index in [1.54, 1.807) is 54.6 Å². The maximum absolute atomic E-state index is 12.2. The first-order valence-electron chi connectivity index (χ1n) is 8.80. The van der Waals surface area contributed by atoms with Crippen LogP contribution in [0.25, 0.3) is 0 Å². The number of thiophene rings is 1. The molecule has 1 heterocycles. The van der Waals surface area contributed by atoms with E-state index in [4.69, 9.17) is 0 Å². The molecule has 3 amide bonds. The lowest BCUT2D eigenvalue weighted by molar-refractivity contribution is 0.0929. The first-order valence-corrected chi connectivity index (χ1v) is 10.5. The summed E-state index contributed by atoms with van der Waals surface area (Å²) in [5.41, 5.74) is 1.61. The molecule has 3 rings (SSSR count). The van der Waals surface area contributed by atoms with E-state index in [1.165, 1.54) is 11.3 Å². The van der Waals surface area contributed by atoms with Gasteiger partial charge in [-0.2, -0.15) is 0 Å². The molecule has 0 aliphatic heterocycles. The fourth-order valence-corrected chi connectivity index (χ4v) is 3.36. The highest BCUT2D eigenvalue weighted by Crippen LogP contribution is 2.14. The number of amides is 3. The van der Waals surface area contributed by atoms with Crippen LogP contribution in [-0.2, 0) is 0 Å². The Hall–Kier alpha value is -2.97. The molecular weight excluding hydrogens is 454 g/mol. The number of rotatable bonds is 7. The molecule has 0 atom stereocenters. The second kappa shape index (κ2) is 9.99. The summed E-state index contributed by atoms with van der Waals surface area (Å²) >= 11 is 4.70. The van der Waals surface area contributed by atoms with Gasteiger partial charge in [0.1, 0.15) is 0 Å². The molecule has 1 aromatic heterocycles. The van der Waals surface area contributed by atoms with Gasteiger partial charge in [0.25, 0.3) is 17.7 Å². The molecule has 8 heteroatoms. The average Bonchev–Trinajstić information content (AvgIpc) is 3.27. The number of anilines is 1. The topological polar surface area (TPSA) is 87.3 Å². The Labute approximate surface area is 180 Å². The fourth-order valence-electron chi connectivity index (χ4n) is 2.46. The molecule has 0 radical (unpaired) electrons. The SMILES string of the molecule is O=C(NCCNC(=O)c1cccs1)c1ccc(NC(=O)c2ccc(Br)cc2)cc1. The first kappa shape index (κ1) is 20.8. The Morgan fingerprint density at radius 2 is 1.34 bits per heavy atom. The van der Waals surface area contributed by atoms with Crippen LogP contribution in [0.1, 0.15) is 30.4 Å². The Bertz CT molecular complexity index is 987. The minimum absolute atomic E-state index is 0.153. The maximum atomic E-state index is 12.2. The van der Waals surface area contributed by atoms with E-state index in [0.717, 1.165) is 4.47 Å². The number of halogens is 1. The van der Waals surface area contributed by atoms with E-state index in [0.29, 0.717) is 34.8 Å². The maximum Gasteiger partial charge on any atom is 0.261 e. The van der Waals surface area contributed by atoms with Crippen molar-refractivity contribution in [1.29, 1.82) is 0 Å². The second-order valence-corrected chi connectivity index (χ2v) is 7.89. The summed E-state index contributed by atoms with van der Waals surface area (Å²) in [4.78, 5) is 36.9. The summed E-state index contributed by atoms with van der Waals surface area (Å²) < 4.78 is 0.899. The number of carbonyl (C=O) groups is 3. The highest BCUT2D eigenvalue weighted by atomic mass is 79.9. The van der Waals surface area contributed by atoms with Gasteiger partial charge in [-0.15, -0.1) is 11.3 Å². The molecular formula is C21H18BrN3O3S. The third-order valence-corrected chi connectivity index (χ3v) is 5.35. The zero-order valence-corrected chi connectivity index (χ0v) is 17.7. The molecule has 3 N–H and O–H groups in total. The van der Waals surface area contributed by atoms with Crippen LogP contribution < -0.4 is 16.0 Å². The smallest absolute Gasteiger partial charge is 0.261 e. The van der Waals surface area contributed by atoms with Crippen LogP contribution in [0.2, 0.25) is 0 Å². The molecule has 0 unspecified atom stereocenters. The molecule has 0 bridgehead atoms. The normalized spacial score (nSPS) is 10.2. The Morgan fingerprint density at radius 1 is 0.759 bits per heavy atom. The largest absolute Gasteiger partial charge is 0.350 e. The Kier molecular flexibility index (Phi) is 7.15. The molecule has 148 valence electrons. The highest BCUT2D eigenvalue weighted by Gasteiger charge is 2.09. The lowest BCUT2D eigenvalue weighted by Crippen LogP contribution is -2.34. The van der Waals surface area contributed by atoms with Crippen LogP contribution in [0.4, 0.5) is 5.69 Å². The van der Waals surface area contributed by atoms with Crippen LogP contribution in [0.3, 0.4) is 0 Å². The minimum Gasteiger partial charge on any atom is -0.350 e. The number of nitrogens with one attached hydrogen (secondary N) is 3. The van der Waals surface area contributed by atoms with Gasteiger partial charge in [-0.25, -0.2) is 0 Å². The lowest BCUT2D eigenvalue weighted by atomic mass is 10.1. The first-order chi connectivity index (χ1) is 14.0. The standard InChI is InChI=1S/C21H18BrN3O3S/c22-16-7-3-15(4-8-16)20(27)25-17-9-5-14(6-10-17)19(26)23-11-12-24-21(28)18-2-1-13-29-18/h1-10,13H,11-12H2,(H,23,26)(H,24,28)(H,25,27). The van der Waals surface area contributed by atoms with Crippen LogP contribution in [0.15, 0.2) is 70.5 Å². The average molecular weight is 472 g/mol. The predicted octanol–water partition coefficient (Wildman–Crippen LogP) is 3.92. The number of benzene rings is 2. The van der Waals surface area contributed by atoms with Gasteiger partial charge in [-0.1, -0.05) is 22.0 Å². The van der Waals surface area contributed by atoms with Crippen LogP contribution in [0, 0.1) is 0 Å². The van der Waals surface area contributed by atoms with E-state index in [9.17, 15) is 14.4 Å². The van der Waals surface area contributed by atoms with Crippen molar-refractivity contribution in [2.75, 3.05) is 18.4 Å². The lowest BCUT2D eigenvalue weighted by Gasteiger charge is -2.08. The van der Waals surface area contributed by atoms with Gasteiger partial charge in [-0.05, 0) is 60.0 Å². The van der Waals surface area contributed by atoms with E-state index < -0.39 is 0 Å². The molecule has 0 aliphatic carbocycles. The van der Waals surface area contributed by atoms with Crippen molar-refractivity contribution in [3.8, 4) is 0 Å². The fraction of sp³-hybridized carbons (Fsp3) is 0.0952. The van der Waals surface area contributed by atoms with Gasteiger partial charge in [0.15, 0.2) is 0 Å². The molecule has 2 aromatic carbocycles. The number of carbonyl (C=O) groups excluding carboxylic acids is 3. The molecule has 3 aromatic rings. The Balaban J connectivity index is 1.45. The highest BCUT2D eigenvalue weighted by molar-refractivity contribution is 9.10. The number of hydrogen-bond acceptors (Lipinski definition) is 4. The van der Waals surface area contributed by atoms with Crippen molar-refractivity contribution in [2.24, 2.45) is 0 Å². The predicted molar refractivity (Wildman–Crippen MR) is 118 cm³/mol. The van der Waals surface area contributed by atoms with E-state index in [1.807, 2.05) is 11.4 Å². The van der Waals surface area contributed by atoms with Crippen molar-refractivity contribution >= 4 is 50.7 Å². The van der Waals surface area contributed by atoms with E-state index >= 15 is 0 Å². The van der Waals surface area contributed by atoms with Crippen LogP contribution >= 0.6 is 27.3 Å². The van der Waals surface area contributed by atoms with E-state index in [-0.39, 0.29) is 17.7 Å². The zero-order valence-electron chi connectivity index (χ0n) is 15.3. The summed E-state index contributed by atoms with van der Waals surface area (Å²) in [6, 6.07) is 17.2. The number of hydrogen-bond donors (Lipinski definition) is 3. The molecule has 6 nitrogen and oxygen atoms in total. The van der Waals surface area contributed by atoms with Gasteiger partial charge in [0.2, 0.25) is 0 Å².